The second kappa shape index (κ2) is 24.4. The number of aliphatic hydroxyl groups is 6. The first-order valence-corrected chi connectivity index (χ1v) is 26.2. The second-order valence-electron chi connectivity index (χ2n) is 22.6. The maximum absolute atomic E-state index is 13.4. The first-order valence-electron chi connectivity index (χ1n) is 26.2. The van der Waals surface area contributed by atoms with E-state index >= 15 is 0 Å². The first kappa shape index (κ1) is 60.3. The van der Waals surface area contributed by atoms with Gasteiger partial charge in [0, 0.05) is 75.1 Å². The van der Waals surface area contributed by atoms with Crippen LogP contribution in [-0.4, -0.2) is 198 Å². The van der Waals surface area contributed by atoms with Gasteiger partial charge in [-0.15, -0.1) is 5.10 Å². The van der Waals surface area contributed by atoms with E-state index in [9.17, 15) is 43.8 Å². The summed E-state index contributed by atoms with van der Waals surface area (Å²) in [6.45, 7) is 18.8. The monoisotopic (exact) mass is 1060 g/mol. The molecule has 4 aliphatic rings. The van der Waals surface area contributed by atoms with Crippen LogP contribution in [0.15, 0.2) is 35.6 Å². The van der Waals surface area contributed by atoms with Crippen molar-refractivity contribution in [2.45, 2.75) is 223 Å². The number of alkyl halides is 3. The van der Waals surface area contributed by atoms with Gasteiger partial charge in [0.05, 0.1) is 65.2 Å². The number of aromatic nitrogens is 3. The summed E-state index contributed by atoms with van der Waals surface area (Å²) < 4.78 is 80.2. The lowest BCUT2D eigenvalue weighted by Crippen LogP contribution is -2.61. The van der Waals surface area contributed by atoms with Gasteiger partial charge in [-0.25, -0.2) is 4.68 Å². The van der Waals surface area contributed by atoms with Crippen LogP contribution >= 0.6 is 0 Å². The van der Waals surface area contributed by atoms with Crippen LogP contribution < -0.4 is 0 Å². The van der Waals surface area contributed by atoms with Crippen LogP contribution in [0.5, 0.6) is 0 Å². The zero-order valence-electron chi connectivity index (χ0n) is 45.4. The molecule has 3 fully saturated rings. The Bertz CT molecular complexity index is 2140. The van der Waals surface area contributed by atoms with Gasteiger partial charge in [-0.2, -0.15) is 13.2 Å². The highest BCUT2D eigenvalue weighted by Crippen LogP contribution is 2.41. The van der Waals surface area contributed by atoms with Crippen LogP contribution in [0, 0.1) is 17.8 Å². The second-order valence-corrected chi connectivity index (χ2v) is 22.6. The summed E-state index contributed by atoms with van der Waals surface area (Å²) >= 11 is 0. The van der Waals surface area contributed by atoms with Crippen molar-refractivity contribution in [3.05, 3.63) is 47.3 Å². The zero-order chi connectivity index (χ0) is 54.8. The summed E-state index contributed by atoms with van der Waals surface area (Å²) in [6, 6.07) is 3.94. The Hall–Kier alpha value is -2.94. The van der Waals surface area contributed by atoms with Crippen LogP contribution in [0.4, 0.5) is 13.2 Å². The Kier molecular flexibility index (Phi) is 19.9. The molecule has 5 heterocycles. The number of likely N-dealkylation sites (N-methyl/N-ethyl adjacent to an activating group) is 2. The molecule has 1 aromatic heterocycles. The van der Waals surface area contributed by atoms with Crippen LogP contribution in [0.1, 0.15) is 118 Å². The number of halogens is 3. The summed E-state index contributed by atoms with van der Waals surface area (Å²) in [5.41, 5.74) is -3.85. The SMILES string of the molecule is CC[C@H]1OC(O)[C@H](C)C(O[C@H]2C[C@@](C)(OC)[C@@H](O)[C@H](C)O2)[C@H](C)[C@@H](O[C@@H]2O[C@H](C)C[C@H](N(C)CCc3cn(C[C@H]4CC(c5cccc(C(F)(F)F)c5)=NO4)nn3)[C@H]2O)[C@](C)(O)C[C@@H](C)CN(C)[C@H](C)[C@@H](O)[C@]1(C)O. The minimum atomic E-state index is -4.48. The summed E-state index contributed by atoms with van der Waals surface area (Å²) in [5, 5.41) is 84.5. The molecule has 22 heteroatoms. The molecular weight excluding hydrogens is 974 g/mol. The fourth-order valence-corrected chi connectivity index (χ4v) is 11.6. The fourth-order valence-electron chi connectivity index (χ4n) is 11.6. The highest BCUT2D eigenvalue weighted by Gasteiger charge is 2.53. The van der Waals surface area contributed by atoms with E-state index in [-0.39, 0.29) is 38.1 Å². The number of ether oxygens (including phenoxy) is 6. The standard InChI is InChI=1S/C52H85F3N6O13/c1-14-40-51(10,67)44(63)32(6)60(12)25-28(2)23-49(8,66)46(30(4)43(31(5)47(65)71-40)72-41-24-50(9,68-13)45(64)33(7)70-41)73-48-42(62)39(20-29(3)69-48)59(11)19-18-36-26-61(58-56-36)27-37-22-38(57-74-37)34-16-15-17-35(21-34)52(53,54)55/h15-17,21,26,28-33,37,39-48,62-67H,14,18-20,22-25,27H2,1-13H3/t28-,29-,30+,31-,32-,33+,37-,39+,40-,41+,42-,43?,44-,45+,46-,47?,48+,49-,50-,51-/m1/s1. The molecule has 0 radical (unpaired) electrons. The molecule has 74 heavy (non-hydrogen) atoms. The minimum absolute atomic E-state index is 0.104. The lowest BCUT2D eigenvalue weighted by molar-refractivity contribution is -0.326. The van der Waals surface area contributed by atoms with E-state index in [1.165, 1.54) is 20.1 Å². The Morgan fingerprint density at radius 3 is 2.30 bits per heavy atom. The van der Waals surface area contributed by atoms with Crippen molar-refractivity contribution in [1.29, 1.82) is 0 Å². The quantitative estimate of drug-likeness (QED) is 0.166. The van der Waals surface area contributed by atoms with E-state index in [1.807, 2.05) is 44.7 Å². The van der Waals surface area contributed by atoms with E-state index < -0.39 is 126 Å². The molecule has 0 aliphatic carbocycles. The molecule has 0 amide bonds. The number of hydrogen-bond acceptors (Lipinski definition) is 18. The van der Waals surface area contributed by atoms with Gasteiger partial charge in [0.15, 0.2) is 25.0 Å². The van der Waals surface area contributed by atoms with Crippen molar-refractivity contribution >= 4 is 5.71 Å². The summed E-state index contributed by atoms with van der Waals surface area (Å²) in [7, 11) is 5.22. The number of methoxy groups -OCH3 is 1. The highest BCUT2D eigenvalue weighted by atomic mass is 19.4. The van der Waals surface area contributed by atoms with Crippen LogP contribution in [-0.2, 0) is 52.4 Å². The van der Waals surface area contributed by atoms with Gasteiger partial charge in [0.25, 0.3) is 0 Å². The van der Waals surface area contributed by atoms with Crippen molar-refractivity contribution in [3.8, 4) is 0 Å². The van der Waals surface area contributed by atoms with Gasteiger partial charge in [-0.1, -0.05) is 50.2 Å². The topological polar surface area (TPSA) is 236 Å². The number of oxime groups is 1. The predicted molar refractivity (Wildman–Crippen MR) is 265 cm³/mol. The summed E-state index contributed by atoms with van der Waals surface area (Å²) in [4.78, 5) is 9.49. The number of rotatable bonds is 13. The van der Waals surface area contributed by atoms with Gasteiger partial charge in [0.1, 0.15) is 23.9 Å². The molecule has 0 bridgehead atoms. The van der Waals surface area contributed by atoms with Gasteiger partial charge >= 0.3 is 6.18 Å². The van der Waals surface area contributed by atoms with Crippen molar-refractivity contribution in [2.24, 2.45) is 22.9 Å². The van der Waals surface area contributed by atoms with E-state index in [0.29, 0.717) is 42.9 Å². The minimum Gasteiger partial charge on any atom is -0.390 e. The molecular formula is C52H85F3N6O13. The third-order valence-electron chi connectivity index (χ3n) is 16.2. The average Bonchev–Trinajstić information content (AvgIpc) is 4.01. The molecule has 6 rings (SSSR count). The van der Waals surface area contributed by atoms with E-state index in [2.05, 4.69) is 15.5 Å². The fraction of sp³-hybridized carbons (Fsp3) is 0.827. The molecule has 422 valence electrons. The van der Waals surface area contributed by atoms with Crippen LogP contribution in [0.2, 0.25) is 0 Å². The maximum atomic E-state index is 13.4. The summed E-state index contributed by atoms with van der Waals surface area (Å²) in [6.07, 6.45) is -13.0. The van der Waals surface area contributed by atoms with Gasteiger partial charge in [-0.3, -0.25) is 0 Å². The lowest BCUT2D eigenvalue weighted by Gasteiger charge is -2.49. The van der Waals surface area contributed by atoms with Crippen molar-refractivity contribution in [3.63, 3.8) is 0 Å². The number of benzene rings is 1. The highest BCUT2D eigenvalue weighted by molar-refractivity contribution is 6.01. The van der Waals surface area contributed by atoms with E-state index in [0.717, 1.165) is 12.1 Å². The largest absolute Gasteiger partial charge is 0.416 e. The molecule has 0 saturated carbocycles. The Labute approximate surface area is 434 Å². The van der Waals surface area contributed by atoms with Crippen LogP contribution in [0.3, 0.4) is 0 Å². The average molecular weight is 1060 g/mol. The molecule has 2 aromatic rings. The van der Waals surface area contributed by atoms with E-state index in [4.69, 9.17) is 33.3 Å². The van der Waals surface area contributed by atoms with Gasteiger partial charge < -0.3 is 73.7 Å². The van der Waals surface area contributed by atoms with Crippen LogP contribution in [0.25, 0.3) is 0 Å². The number of nitrogens with zero attached hydrogens (tertiary/aromatic N) is 6. The molecule has 0 spiro atoms. The van der Waals surface area contributed by atoms with Gasteiger partial charge in [0.2, 0.25) is 0 Å². The Balaban J connectivity index is 1.22. The predicted octanol–water partition coefficient (Wildman–Crippen LogP) is 4.11. The number of aliphatic hydroxyl groups excluding tert-OH is 4. The maximum Gasteiger partial charge on any atom is 0.416 e. The molecule has 4 aliphatic heterocycles. The van der Waals surface area contributed by atoms with Crippen molar-refractivity contribution < 1.29 is 77.1 Å². The molecule has 3 saturated heterocycles. The lowest BCUT2D eigenvalue weighted by atomic mass is 9.77. The smallest absolute Gasteiger partial charge is 0.390 e. The third-order valence-corrected chi connectivity index (χ3v) is 16.2. The van der Waals surface area contributed by atoms with Crippen molar-refractivity contribution in [1.82, 2.24) is 24.8 Å². The molecule has 1 aromatic carbocycles. The zero-order valence-corrected chi connectivity index (χ0v) is 45.4. The Morgan fingerprint density at radius 1 is 0.932 bits per heavy atom. The first-order chi connectivity index (χ1) is 34.5. The Morgan fingerprint density at radius 2 is 1.64 bits per heavy atom. The third kappa shape index (κ3) is 14.0. The molecule has 6 N–H and O–H groups in total. The van der Waals surface area contributed by atoms with E-state index in [1.54, 1.807) is 58.5 Å². The molecule has 20 atom stereocenters. The van der Waals surface area contributed by atoms with Crippen molar-refractivity contribution in [2.75, 3.05) is 34.3 Å². The molecule has 2 unspecified atom stereocenters. The van der Waals surface area contributed by atoms with Gasteiger partial charge in [-0.05, 0) is 93.0 Å². The summed E-state index contributed by atoms with van der Waals surface area (Å²) in [5.74, 6) is -1.90. The normalized spacial score (nSPS) is 41.6. The molecule has 19 nitrogen and oxygen atoms in total. The number of hydrogen-bond donors (Lipinski definition) is 6.